The molecule has 0 aliphatic rings. The van der Waals surface area contributed by atoms with Gasteiger partial charge in [-0.05, 0) is 42.8 Å². The van der Waals surface area contributed by atoms with Crippen LogP contribution in [0.3, 0.4) is 0 Å². The van der Waals surface area contributed by atoms with E-state index >= 15 is 0 Å². The fourth-order valence-electron chi connectivity index (χ4n) is 2.18. The molecule has 0 spiro atoms. The normalized spacial score (nSPS) is 10.4. The summed E-state index contributed by atoms with van der Waals surface area (Å²) in [6.07, 6.45) is 1.61. The van der Waals surface area contributed by atoms with E-state index < -0.39 is 5.82 Å². The molecule has 0 saturated carbocycles. The van der Waals surface area contributed by atoms with E-state index in [4.69, 9.17) is 15.7 Å². The summed E-state index contributed by atoms with van der Waals surface area (Å²) in [5.41, 5.74) is 7.62. The van der Waals surface area contributed by atoms with Crippen LogP contribution in [-0.2, 0) is 0 Å². The minimum atomic E-state index is -0.538. The van der Waals surface area contributed by atoms with Crippen LogP contribution < -0.4 is 10.5 Å². The Hall–Kier alpha value is -3.13. The Bertz CT molecular complexity index is 916. The molecule has 0 atom stereocenters. The molecule has 3 rings (SSSR count). The number of rotatable bonds is 2. The average Bonchev–Trinajstić information content (AvgIpc) is 2.50. The Kier molecular flexibility index (Phi) is 3.36. The SMILES string of the molecule is Cc1cc2nccc(Oc3ccc(N)c(F)c3)c2cc1C#N. The van der Waals surface area contributed by atoms with Gasteiger partial charge in [-0.1, -0.05) is 0 Å². The second-order valence-corrected chi connectivity index (χ2v) is 4.89. The number of aromatic nitrogens is 1. The van der Waals surface area contributed by atoms with Crippen molar-refractivity contribution in [1.29, 1.82) is 5.26 Å². The average molecular weight is 293 g/mol. The molecule has 4 nitrogen and oxygen atoms in total. The molecular weight excluding hydrogens is 281 g/mol. The molecule has 0 amide bonds. The minimum Gasteiger partial charge on any atom is -0.456 e. The number of nitrogens with zero attached hydrogens (tertiary/aromatic N) is 2. The summed E-state index contributed by atoms with van der Waals surface area (Å²) in [5.74, 6) is 0.299. The van der Waals surface area contributed by atoms with Gasteiger partial charge in [-0.2, -0.15) is 5.26 Å². The Morgan fingerprint density at radius 3 is 2.77 bits per heavy atom. The second-order valence-electron chi connectivity index (χ2n) is 4.89. The number of pyridine rings is 1. The van der Waals surface area contributed by atoms with Gasteiger partial charge < -0.3 is 10.5 Å². The zero-order valence-corrected chi connectivity index (χ0v) is 11.8. The molecule has 1 aromatic heterocycles. The number of fused-ring (bicyclic) bond motifs is 1. The van der Waals surface area contributed by atoms with Crippen LogP contribution in [0.2, 0.25) is 0 Å². The van der Waals surface area contributed by atoms with Crippen molar-refractivity contribution in [2.45, 2.75) is 6.92 Å². The van der Waals surface area contributed by atoms with E-state index in [1.807, 2.05) is 13.0 Å². The van der Waals surface area contributed by atoms with Gasteiger partial charge in [-0.25, -0.2) is 4.39 Å². The van der Waals surface area contributed by atoms with Gasteiger partial charge in [0.2, 0.25) is 0 Å². The molecule has 0 fully saturated rings. The summed E-state index contributed by atoms with van der Waals surface area (Å²) in [5, 5.41) is 9.85. The van der Waals surface area contributed by atoms with Gasteiger partial charge in [0.15, 0.2) is 0 Å². The number of aryl methyl sites for hydroxylation is 1. The molecule has 0 bridgehead atoms. The summed E-state index contributed by atoms with van der Waals surface area (Å²) >= 11 is 0. The van der Waals surface area contributed by atoms with Gasteiger partial charge in [0.25, 0.3) is 0 Å². The summed E-state index contributed by atoms with van der Waals surface area (Å²) in [7, 11) is 0. The first-order valence-electron chi connectivity index (χ1n) is 6.61. The molecule has 108 valence electrons. The number of halogens is 1. The van der Waals surface area contributed by atoms with E-state index in [9.17, 15) is 4.39 Å². The fraction of sp³-hybridized carbons (Fsp3) is 0.0588. The number of anilines is 1. The molecule has 0 aliphatic heterocycles. The number of nitrogen functional groups attached to an aromatic ring is 1. The minimum absolute atomic E-state index is 0.0642. The van der Waals surface area contributed by atoms with E-state index in [1.54, 1.807) is 24.4 Å². The summed E-state index contributed by atoms with van der Waals surface area (Å²) < 4.78 is 19.2. The molecule has 0 unspecified atom stereocenters. The van der Waals surface area contributed by atoms with Crippen LogP contribution in [0.4, 0.5) is 10.1 Å². The van der Waals surface area contributed by atoms with Gasteiger partial charge in [0.1, 0.15) is 17.3 Å². The first kappa shape index (κ1) is 13.8. The van der Waals surface area contributed by atoms with Crippen molar-refractivity contribution in [2.24, 2.45) is 0 Å². The molecule has 22 heavy (non-hydrogen) atoms. The molecule has 3 aromatic rings. The van der Waals surface area contributed by atoms with E-state index in [1.165, 1.54) is 12.1 Å². The van der Waals surface area contributed by atoms with Gasteiger partial charge in [-0.3, -0.25) is 4.98 Å². The van der Waals surface area contributed by atoms with Gasteiger partial charge in [-0.15, -0.1) is 0 Å². The number of benzene rings is 2. The highest BCUT2D eigenvalue weighted by atomic mass is 19.1. The van der Waals surface area contributed by atoms with Crippen LogP contribution in [0, 0.1) is 24.1 Å². The molecule has 5 heteroatoms. The van der Waals surface area contributed by atoms with Gasteiger partial charge >= 0.3 is 0 Å². The second kappa shape index (κ2) is 5.34. The largest absolute Gasteiger partial charge is 0.456 e. The molecule has 1 heterocycles. The van der Waals surface area contributed by atoms with Crippen molar-refractivity contribution in [3.63, 3.8) is 0 Å². The predicted molar refractivity (Wildman–Crippen MR) is 82.1 cm³/mol. The number of nitriles is 1. The van der Waals surface area contributed by atoms with E-state index in [0.717, 1.165) is 5.56 Å². The van der Waals surface area contributed by atoms with Gasteiger partial charge in [0, 0.05) is 17.6 Å². The quantitative estimate of drug-likeness (QED) is 0.727. The van der Waals surface area contributed by atoms with Crippen molar-refractivity contribution >= 4 is 16.6 Å². The molecule has 0 radical (unpaired) electrons. The Labute approximate surface area is 126 Å². The monoisotopic (exact) mass is 293 g/mol. The third kappa shape index (κ3) is 2.42. The van der Waals surface area contributed by atoms with Crippen molar-refractivity contribution in [2.75, 3.05) is 5.73 Å². The number of nitrogens with two attached hydrogens (primary N) is 1. The summed E-state index contributed by atoms with van der Waals surface area (Å²) in [6, 6.07) is 11.6. The maximum atomic E-state index is 13.5. The van der Waals surface area contributed by atoms with E-state index in [0.29, 0.717) is 28.0 Å². The molecule has 2 N–H and O–H groups in total. The van der Waals surface area contributed by atoms with Crippen LogP contribution in [0.25, 0.3) is 10.9 Å². The first-order chi connectivity index (χ1) is 10.6. The first-order valence-corrected chi connectivity index (χ1v) is 6.61. The Morgan fingerprint density at radius 2 is 2.05 bits per heavy atom. The topological polar surface area (TPSA) is 71.9 Å². The molecule has 0 aliphatic carbocycles. The lowest BCUT2D eigenvalue weighted by Crippen LogP contribution is -1.93. The standard InChI is InChI=1S/C17H12FN3O/c1-10-6-16-13(7-11(10)9-19)17(4-5-21-16)22-12-2-3-15(20)14(18)8-12/h2-8H,20H2,1H3. The van der Waals surface area contributed by atoms with Crippen molar-refractivity contribution < 1.29 is 9.13 Å². The Morgan fingerprint density at radius 1 is 1.23 bits per heavy atom. The predicted octanol–water partition coefficient (Wildman–Crippen LogP) is 3.93. The Balaban J connectivity index is 2.10. The highest BCUT2D eigenvalue weighted by molar-refractivity contribution is 5.87. The van der Waals surface area contributed by atoms with Crippen LogP contribution >= 0.6 is 0 Å². The van der Waals surface area contributed by atoms with Crippen molar-refractivity contribution in [3.05, 3.63) is 59.5 Å². The molecular formula is C17H12FN3O. The smallest absolute Gasteiger partial charge is 0.149 e. The van der Waals surface area contributed by atoms with E-state index in [2.05, 4.69) is 11.1 Å². The maximum Gasteiger partial charge on any atom is 0.149 e. The molecule has 2 aromatic carbocycles. The van der Waals surface area contributed by atoms with Crippen LogP contribution in [0.5, 0.6) is 11.5 Å². The summed E-state index contributed by atoms with van der Waals surface area (Å²) in [4.78, 5) is 4.27. The highest BCUT2D eigenvalue weighted by Gasteiger charge is 2.09. The maximum absolute atomic E-state index is 13.5. The fourth-order valence-corrected chi connectivity index (χ4v) is 2.18. The number of ether oxygens (including phenoxy) is 1. The highest BCUT2D eigenvalue weighted by Crippen LogP contribution is 2.31. The zero-order chi connectivity index (χ0) is 15.7. The van der Waals surface area contributed by atoms with Crippen LogP contribution in [0.15, 0.2) is 42.6 Å². The van der Waals surface area contributed by atoms with Crippen molar-refractivity contribution in [3.8, 4) is 17.6 Å². The lowest BCUT2D eigenvalue weighted by atomic mass is 10.1. The lowest BCUT2D eigenvalue weighted by molar-refractivity contribution is 0.482. The van der Waals surface area contributed by atoms with Crippen LogP contribution in [0.1, 0.15) is 11.1 Å². The van der Waals surface area contributed by atoms with Crippen LogP contribution in [-0.4, -0.2) is 4.98 Å². The third-order valence-electron chi connectivity index (χ3n) is 3.37. The van der Waals surface area contributed by atoms with Gasteiger partial charge in [0.05, 0.1) is 22.8 Å². The summed E-state index contributed by atoms with van der Waals surface area (Å²) in [6.45, 7) is 1.85. The van der Waals surface area contributed by atoms with Crippen molar-refractivity contribution in [1.82, 2.24) is 4.98 Å². The molecule has 0 saturated heterocycles. The zero-order valence-electron chi connectivity index (χ0n) is 11.8. The number of hydrogen-bond donors (Lipinski definition) is 1. The van der Waals surface area contributed by atoms with E-state index in [-0.39, 0.29) is 5.69 Å². The third-order valence-corrected chi connectivity index (χ3v) is 3.37. The number of hydrogen-bond acceptors (Lipinski definition) is 4. The lowest BCUT2D eigenvalue weighted by Gasteiger charge is -2.10.